The first-order valence-corrected chi connectivity index (χ1v) is 22.8. The fraction of sp³-hybridized carbons (Fsp3) is 0.340. The summed E-state index contributed by atoms with van der Waals surface area (Å²) < 4.78 is 5.71. The molecule has 3 aliphatic heterocycles. The minimum Gasteiger partial charge on any atom is -0.381 e. The highest BCUT2D eigenvalue weighted by Gasteiger charge is 2.46. The minimum absolute atomic E-state index is 0.00636. The van der Waals surface area contributed by atoms with Gasteiger partial charge in [-0.25, -0.2) is 9.97 Å². The third kappa shape index (κ3) is 8.51. The lowest BCUT2D eigenvalue weighted by atomic mass is 9.97. The molecule has 4 aromatic carbocycles. The summed E-state index contributed by atoms with van der Waals surface area (Å²) in [7, 11) is 3.92. The van der Waals surface area contributed by atoms with E-state index in [9.17, 15) is 9.59 Å². The van der Waals surface area contributed by atoms with Crippen molar-refractivity contribution < 1.29 is 14.3 Å². The summed E-state index contributed by atoms with van der Waals surface area (Å²) in [5.41, 5.74) is 7.99. The fourth-order valence-corrected chi connectivity index (χ4v) is 11.0. The average Bonchev–Trinajstić information content (AvgIpc) is 4.16. The predicted molar refractivity (Wildman–Crippen MR) is 246 cm³/mol. The molecular formula is C50H54N8O3S. The number of rotatable bonds is 12. The van der Waals surface area contributed by atoms with Crippen LogP contribution in [0.15, 0.2) is 127 Å². The molecule has 318 valence electrons. The molecule has 0 spiro atoms. The van der Waals surface area contributed by atoms with Crippen molar-refractivity contribution in [1.29, 1.82) is 0 Å². The molecule has 62 heavy (non-hydrogen) atoms. The number of carbonyl (C=O) groups excluding carboxylic acids is 2. The number of carbonyl (C=O) groups is 2. The highest BCUT2D eigenvalue weighted by molar-refractivity contribution is 8.00. The van der Waals surface area contributed by atoms with Crippen molar-refractivity contribution in [2.45, 2.75) is 62.1 Å². The number of ether oxygens (including phenoxy) is 1. The van der Waals surface area contributed by atoms with Crippen molar-refractivity contribution in [2.24, 2.45) is 10.9 Å². The van der Waals surface area contributed by atoms with Crippen LogP contribution >= 0.6 is 11.8 Å². The Kier molecular flexibility index (Phi) is 12.5. The van der Waals surface area contributed by atoms with Gasteiger partial charge in [-0.1, -0.05) is 109 Å². The lowest BCUT2D eigenvalue weighted by Gasteiger charge is -2.36. The highest BCUT2D eigenvalue weighted by Crippen LogP contribution is 2.46. The maximum atomic E-state index is 14.6. The molecular weight excluding hydrogens is 793 g/mol. The number of benzene rings is 4. The minimum atomic E-state index is -0.612. The molecule has 2 amide bonds. The Morgan fingerprint density at radius 3 is 1.85 bits per heavy atom. The van der Waals surface area contributed by atoms with Crippen LogP contribution in [-0.4, -0.2) is 97.6 Å². The van der Waals surface area contributed by atoms with Crippen LogP contribution in [0.1, 0.15) is 79.6 Å². The molecule has 3 saturated heterocycles. The number of likely N-dealkylation sites (N-methyl/N-ethyl adjacent to an activating group) is 1. The van der Waals surface area contributed by atoms with Crippen LogP contribution in [0.25, 0.3) is 33.6 Å². The maximum absolute atomic E-state index is 14.6. The molecule has 0 bridgehead atoms. The number of imidazole rings is 2. The summed E-state index contributed by atoms with van der Waals surface area (Å²) in [6.07, 6.45) is 9.18. The Morgan fingerprint density at radius 2 is 1.29 bits per heavy atom. The summed E-state index contributed by atoms with van der Waals surface area (Å²) in [4.78, 5) is 56.2. The molecule has 3 fully saturated rings. The first-order valence-electron chi connectivity index (χ1n) is 21.7. The molecule has 5 atom stereocenters. The molecule has 0 radical (unpaired) electrons. The van der Waals surface area contributed by atoms with E-state index >= 15 is 0 Å². The third-order valence-electron chi connectivity index (χ3n) is 12.6. The SMILES string of the molecule is CC=NC(C(=O)N1C(C2CCOCC2)SC[C@H]1c1ncc(-c2ccc(-c3ccc(-c4cnc([C@@H]5CCCN5C(=O)[C@@H](c5ccccc5)N(C)C)[nH]4)cc3)cc2)[nH]1)c1ccccc1. The van der Waals surface area contributed by atoms with Crippen molar-refractivity contribution in [1.82, 2.24) is 34.6 Å². The van der Waals surface area contributed by atoms with Gasteiger partial charge < -0.3 is 24.5 Å². The lowest BCUT2D eigenvalue weighted by molar-refractivity contribution is -0.138. The van der Waals surface area contributed by atoms with Crippen LogP contribution in [0, 0.1) is 5.92 Å². The number of thioether (sulfide) groups is 1. The van der Waals surface area contributed by atoms with Gasteiger partial charge in [-0.15, -0.1) is 11.8 Å². The molecule has 5 heterocycles. The third-order valence-corrected chi connectivity index (χ3v) is 14.0. The molecule has 12 heteroatoms. The van der Waals surface area contributed by atoms with Gasteiger partial charge in [-0.05, 0) is 92.2 Å². The first kappa shape index (κ1) is 41.5. The number of hydrogen-bond acceptors (Lipinski definition) is 8. The van der Waals surface area contributed by atoms with E-state index in [1.54, 1.807) is 6.21 Å². The number of amides is 2. The Balaban J connectivity index is 0.890. The Hall–Kier alpha value is -5.82. The molecule has 2 N–H and O–H groups in total. The average molecular weight is 847 g/mol. The highest BCUT2D eigenvalue weighted by atomic mass is 32.2. The summed E-state index contributed by atoms with van der Waals surface area (Å²) in [5, 5.41) is 0.0268. The molecule has 0 saturated carbocycles. The van der Waals surface area contributed by atoms with Gasteiger partial charge in [0.2, 0.25) is 5.91 Å². The monoisotopic (exact) mass is 846 g/mol. The first-order chi connectivity index (χ1) is 30.4. The van der Waals surface area contributed by atoms with Crippen molar-refractivity contribution in [2.75, 3.05) is 39.6 Å². The number of aromatic amines is 2. The number of aromatic nitrogens is 4. The molecule has 6 aromatic rings. The van der Waals surface area contributed by atoms with E-state index in [1.807, 2.05) is 116 Å². The van der Waals surface area contributed by atoms with Gasteiger partial charge in [0.15, 0.2) is 6.04 Å². The van der Waals surface area contributed by atoms with E-state index in [0.717, 1.165) is 101 Å². The summed E-state index contributed by atoms with van der Waals surface area (Å²) in [6, 6.07) is 35.6. The van der Waals surface area contributed by atoms with Gasteiger partial charge in [-0.3, -0.25) is 19.5 Å². The smallest absolute Gasteiger partial charge is 0.253 e. The van der Waals surface area contributed by atoms with E-state index < -0.39 is 6.04 Å². The van der Waals surface area contributed by atoms with Crippen LogP contribution < -0.4 is 0 Å². The normalized spacial score (nSPS) is 20.6. The summed E-state index contributed by atoms with van der Waals surface area (Å²) in [5.74, 6) is 2.83. The lowest BCUT2D eigenvalue weighted by Crippen LogP contribution is -2.44. The second-order valence-electron chi connectivity index (χ2n) is 16.6. The number of aliphatic imine (C=N–C) groups is 1. The summed E-state index contributed by atoms with van der Waals surface area (Å²) in [6.45, 7) is 4.02. The van der Waals surface area contributed by atoms with Crippen LogP contribution in [0.3, 0.4) is 0 Å². The van der Waals surface area contributed by atoms with E-state index in [1.165, 1.54) is 0 Å². The maximum Gasteiger partial charge on any atom is 0.253 e. The Labute approximate surface area is 368 Å². The second kappa shape index (κ2) is 18.7. The van der Waals surface area contributed by atoms with Crippen LogP contribution in [0.5, 0.6) is 0 Å². The van der Waals surface area contributed by atoms with Gasteiger partial charge in [-0.2, -0.15) is 0 Å². The topological polar surface area (TPSA) is 123 Å². The van der Waals surface area contributed by atoms with Crippen molar-refractivity contribution in [3.63, 3.8) is 0 Å². The molecule has 0 aliphatic carbocycles. The molecule has 9 rings (SSSR count). The number of nitrogens with zero attached hydrogens (tertiary/aromatic N) is 6. The largest absolute Gasteiger partial charge is 0.381 e. The zero-order valence-electron chi connectivity index (χ0n) is 35.6. The Bertz CT molecular complexity index is 2460. The quantitative estimate of drug-likeness (QED) is 0.118. The van der Waals surface area contributed by atoms with E-state index in [2.05, 4.69) is 63.4 Å². The fourth-order valence-electron chi connectivity index (χ4n) is 9.36. The molecule has 11 nitrogen and oxygen atoms in total. The van der Waals surface area contributed by atoms with Gasteiger partial charge in [0.25, 0.3) is 5.91 Å². The zero-order valence-corrected chi connectivity index (χ0v) is 36.4. The van der Waals surface area contributed by atoms with Crippen LogP contribution in [0.4, 0.5) is 0 Å². The van der Waals surface area contributed by atoms with Gasteiger partial charge in [0, 0.05) is 25.5 Å². The summed E-state index contributed by atoms with van der Waals surface area (Å²) >= 11 is 1.85. The zero-order chi connectivity index (χ0) is 42.6. The van der Waals surface area contributed by atoms with Crippen molar-refractivity contribution in [3.8, 4) is 33.6 Å². The molecule has 3 aliphatic rings. The van der Waals surface area contributed by atoms with Gasteiger partial charge in [0.05, 0.1) is 35.2 Å². The number of nitrogens with one attached hydrogen (secondary N) is 2. The number of likely N-dealkylation sites (tertiary alicyclic amines) is 1. The van der Waals surface area contributed by atoms with Crippen molar-refractivity contribution >= 4 is 29.8 Å². The number of H-pyrrole nitrogens is 2. The van der Waals surface area contributed by atoms with E-state index in [-0.39, 0.29) is 35.3 Å². The van der Waals surface area contributed by atoms with Gasteiger partial charge >= 0.3 is 0 Å². The molecule has 2 unspecified atom stereocenters. The van der Waals surface area contributed by atoms with E-state index in [0.29, 0.717) is 12.5 Å². The van der Waals surface area contributed by atoms with E-state index in [4.69, 9.17) is 19.7 Å². The van der Waals surface area contributed by atoms with Crippen LogP contribution in [-0.2, 0) is 14.3 Å². The standard InChI is InChI=1S/C50H54N8O3S/c1-4-51-44(37-12-7-5-8-13-37)48(59)58-43(32-62-50(58)39-25-28-61-29-26-39)47-53-31-41(55-47)36-23-19-34(20-24-36)33-17-21-35(22-18-33)40-30-52-46(54-40)42-16-11-27-57(42)49(60)45(56(2)3)38-14-9-6-10-15-38/h4-10,12-15,17-24,30-31,39,42-45,50H,11,16,25-29,32H2,1-3H3,(H,52,54)(H,53,55)/t42-,43-,44?,45+,50?/m0/s1. The predicted octanol–water partition coefficient (Wildman–Crippen LogP) is 9.30. The Morgan fingerprint density at radius 1 is 0.742 bits per heavy atom. The molecule has 2 aromatic heterocycles. The van der Waals surface area contributed by atoms with Gasteiger partial charge in [0.1, 0.15) is 23.7 Å². The van der Waals surface area contributed by atoms with Crippen molar-refractivity contribution in [3.05, 3.63) is 144 Å². The number of hydrogen-bond donors (Lipinski definition) is 2. The van der Waals surface area contributed by atoms with Crippen LogP contribution in [0.2, 0.25) is 0 Å². The second-order valence-corrected chi connectivity index (χ2v) is 17.8.